The van der Waals surface area contributed by atoms with E-state index in [0.717, 1.165) is 16.7 Å². The number of ketones is 3. The summed E-state index contributed by atoms with van der Waals surface area (Å²) in [6.07, 6.45) is 7.49. The van der Waals surface area contributed by atoms with E-state index in [0.29, 0.717) is 18.4 Å². The number of benzene rings is 1. The van der Waals surface area contributed by atoms with Gasteiger partial charge in [0.05, 0.1) is 5.41 Å². The minimum absolute atomic E-state index is 0.0652. The van der Waals surface area contributed by atoms with Gasteiger partial charge in [0, 0.05) is 5.56 Å². The third kappa shape index (κ3) is 4.71. The second-order valence-electron chi connectivity index (χ2n) is 12.2. The normalized spacial score (nSPS) is 27.9. The van der Waals surface area contributed by atoms with Gasteiger partial charge in [-0.3, -0.25) is 14.4 Å². The van der Waals surface area contributed by atoms with E-state index >= 15 is 0 Å². The zero-order valence-corrected chi connectivity index (χ0v) is 23.7. The Bertz CT molecular complexity index is 1210. The molecule has 2 fully saturated rings. The lowest BCUT2D eigenvalue weighted by Crippen LogP contribution is -2.69. The molecule has 2 bridgehead atoms. The largest absolute Gasteiger partial charge is 0.506 e. The van der Waals surface area contributed by atoms with Crippen LogP contribution in [0, 0.1) is 22.2 Å². The fourth-order valence-corrected chi connectivity index (χ4v) is 6.13. The standard InChI is InChI=1S/C33H42O4/c1-21(2)14-15-25-20-32(18-16-22(3)4)28(35)26(27(34)24-12-10-9-11-13-24)29(36)33(30(32)37,31(25,7)8)19-17-23(5)6/h9-14,16-17,25,34H,15,18-20H2,1-8H3/t25-,32+,33-/m0/s1. The molecular weight excluding hydrogens is 460 g/mol. The first kappa shape index (κ1) is 28.6. The summed E-state index contributed by atoms with van der Waals surface area (Å²) in [5, 5.41) is 11.4. The topological polar surface area (TPSA) is 71.4 Å². The van der Waals surface area contributed by atoms with Gasteiger partial charge >= 0.3 is 0 Å². The molecule has 0 heterocycles. The number of carbonyl (C=O) groups is 3. The Hall–Kier alpha value is -3.01. The highest BCUT2D eigenvalue weighted by atomic mass is 16.3. The molecule has 1 N–H and O–H groups in total. The predicted octanol–water partition coefficient (Wildman–Crippen LogP) is 7.76. The Balaban J connectivity index is 2.43. The lowest BCUT2D eigenvalue weighted by molar-refractivity contribution is -0.176. The first-order chi connectivity index (χ1) is 17.2. The molecule has 3 atom stereocenters. The highest BCUT2D eigenvalue weighted by Gasteiger charge is 2.73. The van der Waals surface area contributed by atoms with E-state index in [1.165, 1.54) is 0 Å². The smallest absolute Gasteiger partial charge is 0.184 e. The summed E-state index contributed by atoms with van der Waals surface area (Å²) in [5.41, 5.74) is -0.236. The summed E-state index contributed by atoms with van der Waals surface area (Å²) in [4.78, 5) is 43.6. The fraction of sp³-hybridized carbons (Fsp3) is 0.485. The number of rotatable bonds is 7. The number of hydrogen-bond acceptors (Lipinski definition) is 4. The van der Waals surface area contributed by atoms with Crippen molar-refractivity contribution in [3.8, 4) is 0 Å². The van der Waals surface area contributed by atoms with Crippen LogP contribution in [-0.2, 0) is 14.4 Å². The quantitative estimate of drug-likeness (QED) is 0.136. The van der Waals surface area contributed by atoms with Gasteiger partial charge in [0.2, 0.25) is 0 Å². The summed E-state index contributed by atoms with van der Waals surface area (Å²) in [7, 11) is 0. The third-order valence-electron chi connectivity index (χ3n) is 8.58. The van der Waals surface area contributed by atoms with Crippen LogP contribution in [0.2, 0.25) is 0 Å². The molecule has 0 aliphatic heterocycles. The second kappa shape index (κ2) is 10.4. The van der Waals surface area contributed by atoms with Gasteiger partial charge in [-0.25, -0.2) is 0 Å². The van der Waals surface area contributed by atoms with Gasteiger partial charge in [0.25, 0.3) is 0 Å². The molecule has 4 nitrogen and oxygen atoms in total. The molecule has 0 spiro atoms. The van der Waals surface area contributed by atoms with E-state index in [1.54, 1.807) is 24.3 Å². The zero-order valence-electron chi connectivity index (χ0n) is 23.7. The molecule has 0 saturated heterocycles. The van der Waals surface area contributed by atoms with Crippen molar-refractivity contribution in [2.24, 2.45) is 22.2 Å². The molecule has 0 unspecified atom stereocenters. The van der Waals surface area contributed by atoms with Crippen molar-refractivity contribution in [1.29, 1.82) is 0 Å². The van der Waals surface area contributed by atoms with Crippen molar-refractivity contribution < 1.29 is 19.5 Å². The number of aliphatic hydroxyl groups is 1. The van der Waals surface area contributed by atoms with Crippen LogP contribution in [0.5, 0.6) is 0 Å². The molecule has 0 amide bonds. The first-order valence-electron chi connectivity index (χ1n) is 13.3. The molecule has 0 radical (unpaired) electrons. The summed E-state index contributed by atoms with van der Waals surface area (Å²) in [6.45, 7) is 15.9. The Morgan fingerprint density at radius 3 is 1.92 bits per heavy atom. The zero-order chi connectivity index (χ0) is 27.8. The molecular formula is C33H42O4. The van der Waals surface area contributed by atoms with E-state index in [9.17, 15) is 19.5 Å². The molecule has 0 aromatic heterocycles. The Morgan fingerprint density at radius 2 is 1.38 bits per heavy atom. The molecule has 2 aliphatic carbocycles. The monoisotopic (exact) mass is 502 g/mol. The Labute approximate surface area is 222 Å². The van der Waals surface area contributed by atoms with E-state index in [-0.39, 0.29) is 35.9 Å². The number of aliphatic hydroxyl groups excluding tert-OH is 1. The Morgan fingerprint density at radius 1 is 0.838 bits per heavy atom. The van der Waals surface area contributed by atoms with Crippen molar-refractivity contribution in [2.45, 2.75) is 81.1 Å². The molecule has 1 aromatic carbocycles. The minimum atomic E-state index is -1.45. The molecule has 4 heteroatoms. The molecule has 3 rings (SSSR count). The first-order valence-corrected chi connectivity index (χ1v) is 13.3. The average molecular weight is 503 g/mol. The van der Waals surface area contributed by atoms with Crippen molar-refractivity contribution >= 4 is 23.1 Å². The predicted molar refractivity (Wildman–Crippen MR) is 150 cm³/mol. The average Bonchev–Trinajstić information content (AvgIpc) is 2.82. The lowest BCUT2D eigenvalue weighted by Gasteiger charge is -2.60. The fourth-order valence-electron chi connectivity index (χ4n) is 6.13. The minimum Gasteiger partial charge on any atom is -0.506 e. The van der Waals surface area contributed by atoms with Gasteiger partial charge in [-0.2, -0.15) is 0 Å². The Kier molecular flexibility index (Phi) is 8.02. The van der Waals surface area contributed by atoms with Gasteiger partial charge < -0.3 is 5.11 Å². The highest BCUT2D eigenvalue weighted by Crippen LogP contribution is 2.65. The maximum Gasteiger partial charge on any atom is 0.184 e. The van der Waals surface area contributed by atoms with Gasteiger partial charge in [-0.05, 0) is 78.6 Å². The van der Waals surface area contributed by atoms with Crippen LogP contribution in [0.4, 0.5) is 0 Å². The van der Waals surface area contributed by atoms with Crippen molar-refractivity contribution in [3.63, 3.8) is 0 Å². The third-order valence-corrected chi connectivity index (χ3v) is 8.58. The highest BCUT2D eigenvalue weighted by molar-refractivity contribution is 6.41. The van der Waals surface area contributed by atoms with Gasteiger partial charge in [-0.1, -0.05) is 79.1 Å². The number of hydrogen-bond donors (Lipinski definition) is 1. The summed E-state index contributed by atoms with van der Waals surface area (Å²) < 4.78 is 0. The molecule has 2 saturated carbocycles. The number of allylic oxidation sites excluding steroid dienone is 7. The van der Waals surface area contributed by atoms with E-state index in [1.807, 2.05) is 73.6 Å². The molecule has 2 aliphatic rings. The van der Waals surface area contributed by atoms with Crippen molar-refractivity contribution in [2.75, 3.05) is 0 Å². The van der Waals surface area contributed by atoms with Gasteiger partial charge in [0.1, 0.15) is 16.7 Å². The van der Waals surface area contributed by atoms with Gasteiger partial charge in [-0.15, -0.1) is 0 Å². The van der Waals surface area contributed by atoms with E-state index in [2.05, 4.69) is 6.08 Å². The SMILES string of the molecule is CC(C)=CC[C@H]1C[C@]2(CC=C(C)C)C(=O)C(=C(O)c3ccccc3)C(=O)[C@@](CC=C(C)C)(C2=O)C1(C)C. The van der Waals surface area contributed by atoms with Crippen LogP contribution in [0.15, 0.2) is 70.9 Å². The van der Waals surface area contributed by atoms with Crippen molar-refractivity contribution in [3.05, 3.63) is 76.4 Å². The van der Waals surface area contributed by atoms with Gasteiger partial charge in [0.15, 0.2) is 17.3 Å². The van der Waals surface area contributed by atoms with Crippen LogP contribution < -0.4 is 0 Å². The summed E-state index contributed by atoms with van der Waals surface area (Å²) in [5.74, 6) is -1.75. The number of fused-ring (bicyclic) bond motifs is 2. The lowest BCUT2D eigenvalue weighted by atomic mass is 9.38. The second-order valence-corrected chi connectivity index (χ2v) is 12.2. The number of Topliss-reactive ketones (excluding diaryl/α,β-unsaturated/α-hetero) is 3. The van der Waals surface area contributed by atoms with Crippen LogP contribution >= 0.6 is 0 Å². The van der Waals surface area contributed by atoms with E-state index < -0.39 is 27.8 Å². The molecule has 198 valence electrons. The molecule has 1 aromatic rings. The maximum absolute atomic E-state index is 14.7. The van der Waals surface area contributed by atoms with Crippen LogP contribution in [0.3, 0.4) is 0 Å². The van der Waals surface area contributed by atoms with Crippen molar-refractivity contribution in [1.82, 2.24) is 0 Å². The molecule has 37 heavy (non-hydrogen) atoms. The van der Waals surface area contributed by atoms with Crippen LogP contribution in [0.1, 0.15) is 86.6 Å². The summed E-state index contributed by atoms with van der Waals surface area (Å²) >= 11 is 0. The van der Waals surface area contributed by atoms with Crippen LogP contribution in [-0.4, -0.2) is 22.5 Å². The number of carbonyl (C=O) groups excluding carboxylic acids is 3. The summed E-state index contributed by atoms with van der Waals surface area (Å²) in [6, 6.07) is 8.70. The van der Waals surface area contributed by atoms with Crippen LogP contribution in [0.25, 0.3) is 5.76 Å². The van der Waals surface area contributed by atoms with E-state index in [4.69, 9.17) is 0 Å². The maximum atomic E-state index is 14.7.